The molecule has 1 amide bonds. The van der Waals surface area contributed by atoms with Gasteiger partial charge in [-0.3, -0.25) is 24.5 Å². The summed E-state index contributed by atoms with van der Waals surface area (Å²) < 4.78 is 6.49. The second-order valence-corrected chi connectivity index (χ2v) is 6.95. The predicted octanol–water partition coefficient (Wildman–Crippen LogP) is -3.22. The number of hydrogen-bond donors (Lipinski definition) is 6. The molecular formula is C17H26N7O6+. The van der Waals surface area contributed by atoms with Crippen LogP contribution in [0.5, 0.6) is 0 Å². The molecule has 0 saturated carbocycles. The average Bonchev–Trinajstić information content (AvgIpc) is 2.66. The molecule has 1 aliphatic rings. The summed E-state index contributed by atoms with van der Waals surface area (Å²) in [5, 5.41) is 19.4. The van der Waals surface area contributed by atoms with E-state index >= 15 is 0 Å². The normalized spacial score (nSPS) is 21.6. The van der Waals surface area contributed by atoms with Crippen molar-refractivity contribution >= 4 is 17.8 Å². The Balaban J connectivity index is 2.01. The summed E-state index contributed by atoms with van der Waals surface area (Å²) in [5.74, 6) is -1.82. The molecule has 0 radical (unpaired) electrons. The van der Waals surface area contributed by atoms with Crippen LogP contribution in [0, 0.1) is 5.41 Å². The summed E-state index contributed by atoms with van der Waals surface area (Å²) >= 11 is 0. The first kappa shape index (κ1) is 22.8. The number of nitrogens with zero attached hydrogens (tertiary/aromatic N) is 2. The minimum absolute atomic E-state index is 0.0469. The summed E-state index contributed by atoms with van der Waals surface area (Å²) in [4.78, 5) is 50.6. The van der Waals surface area contributed by atoms with Crippen LogP contribution in [0.25, 0.3) is 0 Å². The number of H-pyrrole nitrogens is 1. The van der Waals surface area contributed by atoms with Crippen LogP contribution in [-0.4, -0.2) is 69.2 Å². The van der Waals surface area contributed by atoms with Crippen molar-refractivity contribution in [2.24, 2.45) is 5.73 Å². The monoisotopic (exact) mass is 424 g/mol. The fraction of sp³-hybridized carbons (Fsp3) is 0.471. The van der Waals surface area contributed by atoms with E-state index in [-0.39, 0.29) is 18.4 Å². The van der Waals surface area contributed by atoms with Gasteiger partial charge in [0.1, 0.15) is 0 Å². The van der Waals surface area contributed by atoms with Crippen LogP contribution in [-0.2, 0) is 14.3 Å². The Morgan fingerprint density at radius 2 is 2.17 bits per heavy atom. The summed E-state index contributed by atoms with van der Waals surface area (Å²) in [7, 11) is 1.65. The third-order valence-corrected chi connectivity index (χ3v) is 4.55. The first-order chi connectivity index (χ1) is 14.1. The Morgan fingerprint density at radius 3 is 2.77 bits per heavy atom. The van der Waals surface area contributed by atoms with Gasteiger partial charge in [0.05, 0.1) is 18.5 Å². The van der Waals surface area contributed by atoms with Crippen molar-refractivity contribution in [1.82, 2.24) is 19.8 Å². The van der Waals surface area contributed by atoms with Crippen molar-refractivity contribution in [3.05, 3.63) is 45.3 Å². The van der Waals surface area contributed by atoms with Crippen LogP contribution in [0.3, 0.4) is 0 Å². The van der Waals surface area contributed by atoms with E-state index in [2.05, 4.69) is 16.0 Å². The molecule has 1 unspecified atom stereocenters. The number of nitrogens with one attached hydrogen (secondary N) is 3. The van der Waals surface area contributed by atoms with E-state index in [0.717, 1.165) is 10.6 Å². The van der Waals surface area contributed by atoms with Gasteiger partial charge in [-0.15, -0.1) is 0 Å². The van der Waals surface area contributed by atoms with E-state index in [1.54, 1.807) is 7.05 Å². The number of carboxylic acid groups (broad SMARTS) is 1. The fourth-order valence-electron chi connectivity index (χ4n) is 2.82. The molecule has 0 bridgehead atoms. The number of ether oxygens (including phenoxy) is 1. The highest BCUT2D eigenvalue weighted by Gasteiger charge is 2.35. The molecule has 13 nitrogen and oxygen atoms in total. The molecule has 0 aromatic carbocycles. The van der Waals surface area contributed by atoms with Crippen molar-refractivity contribution in [2.45, 2.75) is 37.3 Å². The molecular weight excluding hydrogens is 398 g/mol. The number of quaternary nitrogens is 1. The fourth-order valence-corrected chi connectivity index (χ4v) is 2.82. The van der Waals surface area contributed by atoms with Crippen molar-refractivity contribution in [3.8, 4) is 0 Å². The van der Waals surface area contributed by atoms with Gasteiger partial charge in [-0.2, -0.15) is 0 Å². The summed E-state index contributed by atoms with van der Waals surface area (Å²) in [6, 6.07) is -0.104. The van der Waals surface area contributed by atoms with Crippen molar-refractivity contribution in [3.63, 3.8) is 0 Å². The lowest BCUT2D eigenvalue weighted by atomic mass is 10.1. The van der Waals surface area contributed by atoms with E-state index in [1.165, 1.54) is 23.2 Å². The van der Waals surface area contributed by atoms with Crippen LogP contribution in [0.4, 0.5) is 0 Å². The highest BCUT2D eigenvalue weighted by molar-refractivity contribution is 5.80. The number of hydrogen-bond acceptors (Lipinski definition) is 6. The molecule has 0 spiro atoms. The lowest BCUT2D eigenvalue weighted by molar-refractivity contribution is -0.419. The van der Waals surface area contributed by atoms with E-state index in [9.17, 15) is 24.3 Å². The van der Waals surface area contributed by atoms with Gasteiger partial charge in [-0.05, 0) is 6.08 Å². The molecule has 2 heterocycles. The van der Waals surface area contributed by atoms with Gasteiger partial charge in [0.15, 0.2) is 18.3 Å². The number of amides is 1. The highest BCUT2D eigenvalue weighted by atomic mass is 16.5. The number of carbonyl (C=O) groups excluding carboxylic acids is 1. The molecule has 13 heteroatoms. The minimum Gasteiger partial charge on any atom is -0.479 e. The topological polar surface area (TPSA) is 211 Å². The first-order valence-corrected chi connectivity index (χ1v) is 9.14. The number of aromatic nitrogens is 2. The Bertz CT molecular complexity index is 939. The van der Waals surface area contributed by atoms with Gasteiger partial charge in [-0.1, -0.05) is 6.08 Å². The maximum Gasteiger partial charge on any atom is 0.335 e. The smallest absolute Gasteiger partial charge is 0.335 e. The third kappa shape index (κ3) is 6.02. The molecule has 2 rings (SSSR count). The molecule has 30 heavy (non-hydrogen) atoms. The second-order valence-electron chi connectivity index (χ2n) is 6.95. The Labute approximate surface area is 170 Å². The number of guanidine groups is 1. The van der Waals surface area contributed by atoms with E-state index in [1.807, 2.05) is 0 Å². The summed E-state index contributed by atoms with van der Waals surface area (Å²) in [6.07, 6.45) is 2.13. The quantitative estimate of drug-likeness (QED) is 0.141. The zero-order valence-corrected chi connectivity index (χ0v) is 16.4. The summed E-state index contributed by atoms with van der Waals surface area (Å²) in [5.41, 5.74) is 7.91. The zero-order valence-electron chi connectivity index (χ0n) is 16.4. The van der Waals surface area contributed by atoms with Crippen LogP contribution in [0.15, 0.2) is 34.0 Å². The molecule has 1 aliphatic heterocycles. The summed E-state index contributed by atoms with van der Waals surface area (Å²) in [6.45, 7) is 0.455. The van der Waals surface area contributed by atoms with Crippen molar-refractivity contribution in [2.75, 3.05) is 13.6 Å². The number of rotatable bonds is 8. The van der Waals surface area contributed by atoms with Crippen LogP contribution in [0.1, 0.15) is 19.1 Å². The lowest BCUT2D eigenvalue weighted by Crippen LogP contribution is -2.63. The molecule has 0 fully saturated rings. The average molecular weight is 424 g/mol. The maximum atomic E-state index is 12.3. The van der Waals surface area contributed by atoms with Crippen molar-refractivity contribution < 1.29 is 25.2 Å². The third-order valence-electron chi connectivity index (χ3n) is 4.55. The van der Waals surface area contributed by atoms with Gasteiger partial charge < -0.3 is 31.5 Å². The molecule has 164 valence electrons. The standard InChI is InChI=1S/C17H25N7O6/c1-23(16(19)20)6-4-9(18)8-12(26)21-10-2-3-13(30-14(10)15(27)28)24-7-5-11(25)22-17(24)29/h2-3,5,7,9-10,13-14H,4,6,8,18H2,1H3,(H3,19,20)(H,21,26)(H,27,28)(H,22,25,29)/p+1/t9?,10-,13+,14-/m0/s1. The molecule has 0 aliphatic carbocycles. The highest BCUT2D eigenvalue weighted by Crippen LogP contribution is 2.20. The number of carboxylic acids is 1. The van der Waals surface area contributed by atoms with Gasteiger partial charge in [0, 0.05) is 32.3 Å². The van der Waals surface area contributed by atoms with Gasteiger partial charge in [-0.25, -0.2) is 9.59 Å². The van der Waals surface area contributed by atoms with Crippen LogP contribution in [0.2, 0.25) is 0 Å². The SMILES string of the molecule is CN(CCC([NH3+])CC(=O)N[C@H]1C=C[C@H](n2ccc(=O)[nH]c2=O)O[C@@H]1C(=O)O)C(=N)N. The van der Waals surface area contributed by atoms with Gasteiger partial charge in [0.2, 0.25) is 5.91 Å². The van der Waals surface area contributed by atoms with Gasteiger partial charge in [0.25, 0.3) is 5.56 Å². The van der Waals surface area contributed by atoms with E-state index < -0.39 is 41.5 Å². The predicted molar refractivity (Wildman–Crippen MR) is 104 cm³/mol. The maximum absolute atomic E-state index is 12.3. The Kier molecular flexibility index (Phi) is 7.49. The number of carbonyl (C=O) groups is 2. The minimum atomic E-state index is -1.44. The molecule has 1 aromatic rings. The van der Waals surface area contributed by atoms with Gasteiger partial charge >= 0.3 is 11.7 Å². The molecule has 0 saturated heterocycles. The number of aliphatic carboxylic acids is 1. The second kappa shape index (κ2) is 9.84. The van der Waals surface area contributed by atoms with E-state index in [0.29, 0.717) is 13.0 Å². The first-order valence-electron chi connectivity index (χ1n) is 9.14. The van der Waals surface area contributed by atoms with Crippen LogP contribution < -0.4 is 28.0 Å². The molecule has 1 aromatic heterocycles. The van der Waals surface area contributed by atoms with Crippen LogP contribution >= 0.6 is 0 Å². The lowest BCUT2D eigenvalue weighted by Gasteiger charge is -2.31. The van der Waals surface area contributed by atoms with Crippen molar-refractivity contribution in [1.29, 1.82) is 5.41 Å². The Hall–Kier alpha value is -3.45. The molecule has 9 N–H and O–H groups in total. The van der Waals surface area contributed by atoms with E-state index in [4.69, 9.17) is 15.9 Å². The largest absolute Gasteiger partial charge is 0.479 e. The molecule has 4 atom stereocenters. The Morgan fingerprint density at radius 1 is 1.47 bits per heavy atom. The number of nitrogens with two attached hydrogens (primary N) is 1. The number of aromatic amines is 1. The zero-order chi connectivity index (χ0) is 22.4.